The van der Waals surface area contributed by atoms with Crippen molar-refractivity contribution in [3.63, 3.8) is 0 Å². The highest BCUT2D eigenvalue weighted by molar-refractivity contribution is 7.92. The average molecular weight is 498 g/mol. The molecule has 1 aliphatic heterocycles. The maximum Gasteiger partial charge on any atom is 0.264 e. The number of anilines is 1. The van der Waals surface area contributed by atoms with Gasteiger partial charge in [0, 0.05) is 37.2 Å². The molecule has 2 heterocycles. The molecular weight excluding hydrogens is 466 g/mol. The predicted molar refractivity (Wildman–Crippen MR) is 137 cm³/mol. The van der Waals surface area contributed by atoms with Crippen LogP contribution in [0.25, 0.3) is 10.9 Å². The third-order valence-corrected chi connectivity index (χ3v) is 8.17. The number of rotatable bonds is 6. The molecule has 2 aromatic carbocycles. The van der Waals surface area contributed by atoms with Gasteiger partial charge in [0.1, 0.15) is 11.3 Å². The van der Waals surface area contributed by atoms with E-state index in [-0.39, 0.29) is 21.8 Å². The summed E-state index contributed by atoms with van der Waals surface area (Å²) in [5.74, 6) is 0.823. The molecule has 9 heteroatoms. The summed E-state index contributed by atoms with van der Waals surface area (Å²) in [6.45, 7) is 7.60. The summed E-state index contributed by atoms with van der Waals surface area (Å²) in [6.07, 6.45) is 2.47. The van der Waals surface area contributed by atoms with Crippen molar-refractivity contribution >= 4 is 32.5 Å². The lowest BCUT2D eigenvalue weighted by molar-refractivity contribution is 0.0621. The van der Waals surface area contributed by atoms with Crippen LogP contribution in [0.3, 0.4) is 0 Å². The first-order valence-electron chi connectivity index (χ1n) is 11.8. The summed E-state index contributed by atoms with van der Waals surface area (Å²) in [5.41, 5.74) is 0.385. The number of carbonyl (C=O) groups is 1. The molecule has 0 saturated carbocycles. The van der Waals surface area contributed by atoms with Gasteiger partial charge < -0.3 is 14.6 Å². The maximum absolute atomic E-state index is 13.5. The standard InChI is InChI=1S/C26H31N3O5S/c1-5-34-24-9-7-6-8-23(24)28(4)35(32,33)19-10-11-22-20(13-19)25(30)21(14-27-22)26(31)29-15-17(2)12-18(3)16-29/h6-11,13-14,17-18H,5,12,15-16H2,1-4H3,(H,27,30)/t17-,18+. The fraction of sp³-hybridized carbons (Fsp3) is 0.385. The summed E-state index contributed by atoms with van der Waals surface area (Å²) in [4.78, 5) is 31.2. The minimum absolute atomic E-state index is 0.0170. The Morgan fingerprint density at radius 3 is 2.51 bits per heavy atom. The molecule has 0 bridgehead atoms. The van der Waals surface area contributed by atoms with Crippen molar-refractivity contribution in [2.24, 2.45) is 11.8 Å². The van der Waals surface area contributed by atoms with E-state index in [1.165, 1.54) is 25.4 Å². The minimum Gasteiger partial charge on any atom is -0.492 e. The molecule has 1 amide bonds. The van der Waals surface area contributed by atoms with E-state index in [1.807, 2.05) is 6.92 Å². The molecule has 1 aromatic heterocycles. The molecule has 4 rings (SSSR count). The van der Waals surface area contributed by atoms with E-state index in [0.717, 1.165) is 10.7 Å². The number of para-hydroxylation sites is 2. The molecule has 0 radical (unpaired) electrons. The number of pyridine rings is 1. The second-order valence-corrected chi connectivity index (χ2v) is 11.2. The normalized spacial score (nSPS) is 18.5. The minimum atomic E-state index is -4.00. The zero-order valence-electron chi connectivity index (χ0n) is 20.4. The van der Waals surface area contributed by atoms with E-state index in [0.29, 0.717) is 48.5 Å². The summed E-state index contributed by atoms with van der Waals surface area (Å²) in [5, 5.41) is 0.154. The largest absolute Gasteiger partial charge is 0.492 e. The number of piperidine rings is 1. The van der Waals surface area contributed by atoms with Gasteiger partial charge in [0.25, 0.3) is 15.9 Å². The summed E-state index contributed by atoms with van der Waals surface area (Å²) in [6, 6.07) is 11.2. The molecule has 8 nitrogen and oxygen atoms in total. The first kappa shape index (κ1) is 24.8. The van der Waals surface area contributed by atoms with Gasteiger partial charge in [-0.3, -0.25) is 13.9 Å². The molecule has 0 spiro atoms. The summed E-state index contributed by atoms with van der Waals surface area (Å²) < 4.78 is 33.7. The van der Waals surface area contributed by atoms with E-state index in [4.69, 9.17) is 4.74 Å². The first-order chi connectivity index (χ1) is 16.6. The van der Waals surface area contributed by atoms with Gasteiger partial charge in [0.05, 0.1) is 17.2 Å². The van der Waals surface area contributed by atoms with E-state index >= 15 is 0 Å². The van der Waals surface area contributed by atoms with Crippen LogP contribution in [0.4, 0.5) is 5.69 Å². The van der Waals surface area contributed by atoms with Crippen LogP contribution in [0.1, 0.15) is 37.6 Å². The van der Waals surface area contributed by atoms with Crippen molar-refractivity contribution in [3.8, 4) is 5.75 Å². The molecule has 0 aliphatic carbocycles. The number of hydrogen-bond acceptors (Lipinski definition) is 5. The lowest BCUT2D eigenvalue weighted by atomic mass is 9.91. The van der Waals surface area contributed by atoms with Crippen molar-refractivity contribution in [2.45, 2.75) is 32.1 Å². The fourth-order valence-corrected chi connectivity index (χ4v) is 6.03. The third kappa shape index (κ3) is 4.77. The molecule has 0 unspecified atom stereocenters. The quantitative estimate of drug-likeness (QED) is 0.557. The van der Waals surface area contributed by atoms with Crippen LogP contribution in [-0.2, 0) is 10.0 Å². The van der Waals surface area contributed by atoms with Gasteiger partial charge in [0.15, 0.2) is 0 Å². The number of nitrogens with zero attached hydrogens (tertiary/aromatic N) is 2. The van der Waals surface area contributed by atoms with Crippen molar-refractivity contribution in [2.75, 3.05) is 31.0 Å². The Morgan fingerprint density at radius 1 is 1.14 bits per heavy atom. The molecule has 1 saturated heterocycles. The smallest absolute Gasteiger partial charge is 0.264 e. The maximum atomic E-state index is 13.5. The number of fused-ring (bicyclic) bond motifs is 1. The van der Waals surface area contributed by atoms with Crippen molar-refractivity contribution in [1.82, 2.24) is 9.88 Å². The zero-order chi connectivity index (χ0) is 25.3. The summed E-state index contributed by atoms with van der Waals surface area (Å²) in [7, 11) is -2.56. The van der Waals surface area contributed by atoms with Crippen LogP contribution in [-0.4, -0.2) is 51.0 Å². The first-order valence-corrected chi connectivity index (χ1v) is 13.2. The number of hydrogen-bond donors (Lipinski definition) is 1. The highest BCUT2D eigenvalue weighted by atomic mass is 32.2. The lowest BCUT2D eigenvalue weighted by Gasteiger charge is -2.34. The number of ether oxygens (including phenoxy) is 1. The van der Waals surface area contributed by atoms with Crippen LogP contribution in [0.2, 0.25) is 0 Å². The molecule has 1 N–H and O–H groups in total. The van der Waals surface area contributed by atoms with E-state index in [1.54, 1.807) is 35.2 Å². The summed E-state index contributed by atoms with van der Waals surface area (Å²) >= 11 is 0. The monoisotopic (exact) mass is 497 g/mol. The Hall–Kier alpha value is -3.33. The number of sulfonamides is 1. The van der Waals surface area contributed by atoms with E-state index in [2.05, 4.69) is 18.8 Å². The molecule has 3 aromatic rings. The molecule has 1 fully saturated rings. The Kier molecular flexibility index (Phi) is 6.89. The molecule has 2 atom stereocenters. The van der Waals surface area contributed by atoms with Crippen LogP contribution >= 0.6 is 0 Å². The van der Waals surface area contributed by atoms with Crippen molar-refractivity contribution < 1.29 is 17.9 Å². The average Bonchev–Trinajstić information content (AvgIpc) is 2.83. The third-order valence-electron chi connectivity index (χ3n) is 6.40. The number of nitrogens with one attached hydrogen (secondary N) is 1. The number of amides is 1. The topological polar surface area (TPSA) is 99.8 Å². The highest BCUT2D eigenvalue weighted by Gasteiger charge is 2.29. The van der Waals surface area contributed by atoms with Crippen molar-refractivity contribution in [3.05, 3.63) is 64.4 Å². The Bertz CT molecular complexity index is 1410. The number of carbonyl (C=O) groups excluding carboxylic acids is 1. The molecular formula is C26H31N3O5S. The zero-order valence-corrected chi connectivity index (χ0v) is 21.3. The van der Waals surface area contributed by atoms with E-state index < -0.39 is 15.5 Å². The second-order valence-electron chi connectivity index (χ2n) is 9.27. The van der Waals surface area contributed by atoms with E-state index in [9.17, 15) is 18.0 Å². The molecule has 1 aliphatic rings. The van der Waals surface area contributed by atoms with Crippen molar-refractivity contribution in [1.29, 1.82) is 0 Å². The Balaban J connectivity index is 1.73. The van der Waals surface area contributed by atoms with Crippen LogP contribution in [0.15, 0.2) is 58.4 Å². The van der Waals surface area contributed by atoms with Gasteiger partial charge in [-0.2, -0.15) is 0 Å². The predicted octanol–water partition coefficient (Wildman–Crippen LogP) is 3.87. The van der Waals surface area contributed by atoms with Gasteiger partial charge in [-0.05, 0) is 55.5 Å². The van der Waals surface area contributed by atoms with Crippen LogP contribution < -0.4 is 14.5 Å². The van der Waals surface area contributed by atoms with Gasteiger partial charge in [-0.1, -0.05) is 26.0 Å². The fourth-order valence-electron chi connectivity index (χ4n) is 4.80. The van der Waals surface area contributed by atoms with Gasteiger partial charge >= 0.3 is 0 Å². The second kappa shape index (κ2) is 9.73. The number of aromatic amines is 1. The number of likely N-dealkylation sites (tertiary alicyclic amines) is 1. The number of H-pyrrole nitrogens is 1. The Morgan fingerprint density at radius 2 is 1.83 bits per heavy atom. The van der Waals surface area contributed by atoms with Crippen LogP contribution in [0.5, 0.6) is 5.75 Å². The van der Waals surface area contributed by atoms with Gasteiger partial charge in [-0.15, -0.1) is 0 Å². The molecule has 186 valence electrons. The molecule has 35 heavy (non-hydrogen) atoms. The van der Waals surface area contributed by atoms with Crippen LogP contribution in [0, 0.1) is 11.8 Å². The van der Waals surface area contributed by atoms with Gasteiger partial charge in [0.2, 0.25) is 5.43 Å². The lowest BCUT2D eigenvalue weighted by Crippen LogP contribution is -2.44. The Labute approximate surface area is 205 Å². The highest BCUT2D eigenvalue weighted by Crippen LogP contribution is 2.31. The van der Waals surface area contributed by atoms with Gasteiger partial charge in [-0.25, -0.2) is 8.42 Å². The SMILES string of the molecule is CCOc1ccccc1N(C)S(=O)(=O)c1ccc2[nH]cc(C(=O)N3C[C@H](C)C[C@H](C)C3)c(=O)c2c1. The number of aromatic nitrogens is 1. The number of benzene rings is 2.